The van der Waals surface area contributed by atoms with Gasteiger partial charge in [0.1, 0.15) is 11.7 Å². The number of halogens is 1. The minimum atomic E-state index is -3.68. The SMILES string of the molecule is O=C(CCN=C1NS(=O)(=O)c2ccccc21)OC(C(=O)Nc1ccc(F)cc1)c1ccccc1. The normalized spacial score (nSPS) is 15.7. The van der Waals surface area contributed by atoms with Crippen molar-refractivity contribution >= 4 is 33.4 Å². The van der Waals surface area contributed by atoms with Crippen LogP contribution in [0.5, 0.6) is 0 Å². The number of carbonyl (C=O) groups is 2. The van der Waals surface area contributed by atoms with E-state index in [1.54, 1.807) is 48.5 Å². The van der Waals surface area contributed by atoms with Gasteiger partial charge in [-0.15, -0.1) is 0 Å². The molecule has 2 N–H and O–H groups in total. The number of benzene rings is 3. The van der Waals surface area contributed by atoms with Crippen LogP contribution in [0, 0.1) is 5.82 Å². The number of amidine groups is 1. The van der Waals surface area contributed by atoms with Gasteiger partial charge in [-0.1, -0.05) is 42.5 Å². The van der Waals surface area contributed by atoms with Gasteiger partial charge in [0.2, 0.25) is 6.10 Å². The summed E-state index contributed by atoms with van der Waals surface area (Å²) in [5, 5.41) is 2.61. The molecule has 0 fully saturated rings. The molecule has 10 heteroatoms. The summed E-state index contributed by atoms with van der Waals surface area (Å²) in [5.74, 6) is -1.59. The van der Waals surface area contributed by atoms with Gasteiger partial charge in [-0.2, -0.15) is 0 Å². The average Bonchev–Trinajstić information content (AvgIpc) is 3.09. The Balaban J connectivity index is 1.44. The first-order valence-corrected chi connectivity index (χ1v) is 11.8. The van der Waals surface area contributed by atoms with Crippen molar-refractivity contribution in [2.75, 3.05) is 11.9 Å². The Morgan fingerprint density at radius 3 is 2.38 bits per heavy atom. The molecular formula is C24H20FN3O5S. The standard InChI is InChI=1S/C24H20FN3O5S/c25-17-10-12-18(13-11-17)27-24(30)22(16-6-2-1-3-7-16)33-21(29)14-15-26-23-19-8-4-5-9-20(19)34(31,32)28-23/h1-13,22H,14-15H2,(H,26,28)(H,27,30). The topological polar surface area (TPSA) is 114 Å². The van der Waals surface area contributed by atoms with Crippen LogP contribution in [0.4, 0.5) is 10.1 Å². The second kappa shape index (κ2) is 9.84. The zero-order valence-electron chi connectivity index (χ0n) is 17.8. The number of anilines is 1. The molecule has 0 saturated heterocycles. The van der Waals surface area contributed by atoms with Crippen molar-refractivity contribution in [1.82, 2.24) is 4.72 Å². The molecule has 1 atom stereocenters. The van der Waals surface area contributed by atoms with Crippen LogP contribution in [0.15, 0.2) is 88.8 Å². The van der Waals surface area contributed by atoms with Gasteiger partial charge in [-0.3, -0.25) is 19.3 Å². The van der Waals surface area contributed by atoms with Gasteiger partial charge >= 0.3 is 5.97 Å². The zero-order chi connectivity index (χ0) is 24.1. The van der Waals surface area contributed by atoms with Crippen molar-refractivity contribution in [3.8, 4) is 0 Å². The second-order valence-electron chi connectivity index (χ2n) is 7.36. The maximum absolute atomic E-state index is 13.1. The van der Waals surface area contributed by atoms with Gasteiger partial charge < -0.3 is 10.1 Å². The number of amides is 1. The molecule has 1 aliphatic rings. The van der Waals surface area contributed by atoms with E-state index in [2.05, 4.69) is 15.0 Å². The fourth-order valence-corrected chi connectivity index (χ4v) is 4.59. The van der Waals surface area contributed by atoms with Crippen molar-refractivity contribution in [2.45, 2.75) is 17.4 Å². The summed E-state index contributed by atoms with van der Waals surface area (Å²) in [6.07, 6.45) is -1.42. The van der Waals surface area contributed by atoms with Crippen LogP contribution in [0.25, 0.3) is 0 Å². The molecule has 1 heterocycles. The lowest BCUT2D eigenvalue weighted by molar-refractivity contribution is -0.154. The number of rotatable bonds is 7. The molecule has 0 aromatic heterocycles. The van der Waals surface area contributed by atoms with Crippen molar-refractivity contribution in [2.24, 2.45) is 4.99 Å². The van der Waals surface area contributed by atoms with E-state index >= 15 is 0 Å². The van der Waals surface area contributed by atoms with Crippen molar-refractivity contribution in [3.63, 3.8) is 0 Å². The van der Waals surface area contributed by atoms with Crippen LogP contribution < -0.4 is 10.0 Å². The molecule has 4 rings (SSSR count). The lowest BCUT2D eigenvalue weighted by atomic mass is 10.1. The molecule has 3 aromatic rings. The maximum Gasteiger partial charge on any atom is 0.308 e. The highest BCUT2D eigenvalue weighted by molar-refractivity contribution is 7.90. The highest BCUT2D eigenvalue weighted by atomic mass is 32.2. The van der Waals surface area contributed by atoms with E-state index in [-0.39, 0.29) is 23.7 Å². The van der Waals surface area contributed by atoms with Crippen LogP contribution in [0.3, 0.4) is 0 Å². The number of ether oxygens (including phenoxy) is 1. The first kappa shape index (κ1) is 23.1. The molecule has 174 valence electrons. The summed E-state index contributed by atoms with van der Waals surface area (Å²) in [6, 6.07) is 20.1. The Hall–Kier alpha value is -4.05. The third-order valence-electron chi connectivity index (χ3n) is 4.95. The third kappa shape index (κ3) is 5.29. The van der Waals surface area contributed by atoms with Crippen LogP contribution in [0.1, 0.15) is 23.7 Å². The van der Waals surface area contributed by atoms with Crippen molar-refractivity contribution in [3.05, 3.63) is 95.8 Å². The number of esters is 1. The van der Waals surface area contributed by atoms with E-state index in [1.165, 1.54) is 30.3 Å². The van der Waals surface area contributed by atoms with Crippen LogP contribution >= 0.6 is 0 Å². The van der Waals surface area contributed by atoms with Gasteiger partial charge in [0.15, 0.2) is 0 Å². The molecule has 0 saturated carbocycles. The molecule has 8 nitrogen and oxygen atoms in total. The summed E-state index contributed by atoms with van der Waals surface area (Å²) < 4.78 is 45.3. The fourth-order valence-electron chi connectivity index (χ4n) is 3.34. The number of aliphatic imine (C=N–C) groups is 1. The lowest BCUT2D eigenvalue weighted by Gasteiger charge is -2.18. The van der Waals surface area contributed by atoms with Crippen LogP contribution in [-0.4, -0.2) is 32.7 Å². The Morgan fingerprint density at radius 2 is 1.65 bits per heavy atom. The van der Waals surface area contributed by atoms with Gasteiger partial charge in [0.25, 0.3) is 15.9 Å². The molecule has 0 spiro atoms. The average molecular weight is 482 g/mol. The molecule has 34 heavy (non-hydrogen) atoms. The Morgan fingerprint density at radius 1 is 0.971 bits per heavy atom. The minimum Gasteiger partial charge on any atom is -0.447 e. The Bertz CT molecular complexity index is 1340. The quantitative estimate of drug-likeness (QED) is 0.503. The summed E-state index contributed by atoms with van der Waals surface area (Å²) in [6.45, 7) is -0.0495. The zero-order valence-corrected chi connectivity index (χ0v) is 18.6. The number of nitrogens with one attached hydrogen (secondary N) is 2. The summed E-state index contributed by atoms with van der Waals surface area (Å²) in [5.41, 5.74) is 1.23. The largest absolute Gasteiger partial charge is 0.447 e. The molecule has 1 unspecified atom stereocenters. The van der Waals surface area contributed by atoms with E-state index in [0.29, 0.717) is 16.8 Å². The van der Waals surface area contributed by atoms with Gasteiger partial charge in [0.05, 0.1) is 17.9 Å². The van der Waals surface area contributed by atoms with E-state index in [1.807, 2.05) is 0 Å². The molecule has 0 bridgehead atoms. The van der Waals surface area contributed by atoms with Crippen molar-refractivity contribution < 1.29 is 27.1 Å². The van der Waals surface area contributed by atoms with E-state index in [9.17, 15) is 22.4 Å². The smallest absolute Gasteiger partial charge is 0.308 e. The van der Waals surface area contributed by atoms with Crippen LogP contribution in [-0.2, 0) is 24.3 Å². The second-order valence-corrected chi connectivity index (χ2v) is 9.01. The summed E-state index contributed by atoms with van der Waals surface area (Å²) >= 11 is 0. The number of fused-ring (bicyclic) bond motifs is 1. The Kier molecular flexibility index (Phi) is 6.69. The highest BCUT2D eigenvalue weighted by Gasteiger charge is 2.30. The van der Waals surface area contributed by atoms with Crippen LogP contribution in [0.2, 0.25) is 0 Å². The molecule has 0 aliphatic carbocycles. The highest BCUT2D eigenvalue weighted by Crippen LogP contribution is 2.23. The monoisotopic (exact) mass is 481 g/mol. The van der Waals surface area contributed by atoms with Gasteiger partial charge in [-0.25, -0.2) is 12.8 Å². The molecular weight excluding hydrogens is 461 g/mol. The molecule has 0 radical (unpaired) electrons. The third-order valence-corrected chi connectivity index (χ3v) is 6.35. The lowest BCUT2D eigenvalue weighted by Crippen LogP contribution is -2.26. The molecule has 1 aliphatic heterocycles. The number of hydrogen-bond acceptors (Lipinski definition) is 6. The number of sulfonamides is 1. The predicted molar refractivity (Wildman–Crippen MR) is 123 cm³/mol. The number of nitrogens with zero attached hydrogens (tertiary/aromatic N) is 1. The number of carbonyl (C=O) groups excluding carboxylic acids is 2. The van der Waals surface area contributed by atoms with E-state index < -0.39 is 33.8 Å². The first-order valence-electron chi connectivity index (χ1n) is 10.3. The maximum atomic E-state index is 13.1. The summed E-state index contributed by atoms with van der Waals surface area (Å²) in [4.78, 5) is 29.7. The summed E-state index contributed by atoms with van der Waals surface area (Å²) in [7, 11) is -3.68. The minimum absolute atomic E-state index is 0.0495. The Labute approximate surface area is 195 Å². The van der Waals surface area contributed by atoms with E-state index in [4.69, 9.17) is 4.74 Å². The number of hydrogen-bond donors (Lipinski definition) is 2. The molecule has 1 amide bonds. The van der Waals surface area contributed by atoms with E-state index in [0.717, 1.165) is 0 Å². The predicted octanol–water partition coefficient (Wildman–Crippen LogP) is 3.18. The first-order chi connectivity index (χ1) is 16.3. The van der Waals surface area contributed by atoms with Gasteiger partial charge in [0, 0.05) is 16.8 Å². The van der Waals surface area contributed by atoms with Gasteiger partial charge in [-0.05, 0) is 36.4 Å². The molecule has 3 aromatic carbocycles. The fraction of sp³-hybridized carbons (Fsp3) is 0.125. The van der Waals surface area contributed by atoms with Crippen molar-refractivity contribution in [1.29, 1.82) is 0 Å².